The third kappa shape index (κ3) is 2.99. The molecule has 112 valence electrons. The van der Waals surface area contributed by atoms with Crippen LogP contribution in [0.3, 0.4) is 0 Å². The van der Waals surface area contributed by atoms with Gasteiger partial charge in [0.15, 0.2) is 5.82 Å². The topological polar surface area (TPSA) is 61.3 Å². The standard InChI is InChI=1S/C16H19BrN2O2/c1-2-20-11-7-10(8-11)9-14-15(16(18)19-21-14)12-5-3-4-6-13(12)17/h3-6,10-11H,2,7-9H2,1H3,(H2,18,19). The molecule has 21 heavy (non-hydrogen) atoms. The largest absolute Gasteiger partial charge is 0.380 e. The van der Waals surface area contributed by atoms with Gasteiger partial charge in [0.05, 0.1) is 11.7 Å². The Labute approximate surface area is 132 Å². The Morgan fingerprint density at radius 1 is 1.38 bits per heavy atom. The number of hydrogen-bond donors (Lipinski definition) is 1. The molecule has 1 heterocycles. The molecule has 0 amide bonds. The Hall–Kier alpha value is -1.33. The van der Waals surface area contributed by atoms with Gasteiger partial charge >= 0.3 is 0 Å². The van der Waals surface area contributed by atoms with E-state index in [1.54, 1.807) is 0 Å². The minimum Gasteiger partial charge on any atom is -0.380 e. The molecule has 0 saturated heterocycles. The second kappa shape index (κ2) is 6.20. The molecular formula is C16H19BrN2O2. The Balaban J connectivity index is 1.78. The molecule has 1 fully saturated rings. The summed E-state index contributed by atoms with van der Waals surface area (Å²) in [6.07, 6.45) is 3.45. The summed E-state index contributed by atoms with van der Waals surface area (Å²) in [5, 5.41) is 3.95. The zero-order valence-electron chi connectivity index (χ0n) is 12.0. The number of anilines is 1. The highest BCUT2D eigenvalue weighted by Gasteiger charge is 2.32. The summed E-state index contributed by atoms with van der Waals surface area (Å²) >= 11 is 3.57. The third-order valence-electron chi connectivity index (χ3n) is 4.00. The summed E-state index contributed by atoms with van der Waals surface area (Å²) in [7, 11) is 0. The molecule has 4 nitrogen and oxygen atoms in total. The van der Waals surface area contributed by atoms with Crippen molar-refractivity contribution in [1.82, 2.24) is 5.16 Å². The van der Waals surface area contributed by atoms with E-state index in [9.17, 15) is 0 Å². The van der Waals surface area contributed by atoms with Gasteiger partial charge in [0, 0.05) is 23.1 Å². The smallest absolute Gasteiger partial charge is 0.175 e. The van der Waals surface area contributed by atoms with Crippen LogP contribution in [0.25, 0.3) is 11.1 Å². The quantitative estimate of drug-likeness (QED) is 0.883. The highest BCUT2D eigenvalue weighted by molar-refractivity contribution is 9.10. The Morgan fingerprint density at radius 2 is 2.14 bits per heavy atom. The summed E-state index contributed by atoms with van der Waals surface area (Å²) in [4.78, 5) is 0. The zero-order chi connectivity index (χ0) is 14.8. The molecule has 0 atom stereocenters. The van der Waals surface area contributed by atoms with Crippen LogP contribution in [0.15, 0.2) is 33.3 Å². The van der Waals surface area contributed by atoms with Crippen molar-refractivity contribution in [1.29, 1.82) is 0 Å². The van der Waals surface area contributed by atoms with Crippen molar-refractivity contribution in [2.75, 3.05) is 12.3 Å². The van der Waals surface area contributed by atoms with E-state index in [4.69, 9.17) is 15.0 Å². The maximum absolute atomic E-state index is 6.00. The van der Waals surface area contributed by atoms with Crippen molar-refractivity contribution < 1.29 is 9.26 Å². The predicted octanol–water partition coefficient (Wildman–Crippen LogP) is 4.04. The molecule has 3 rings (SSSR count). The molecule has 0 aliphatic heterocycles. The zero-order valence-corrected chi connectivity index (χ0v) is 13.6. The lowest BCUT2D eigenvalue weighted by molar-refractivity contribution is -0.0254. The number of hydrogen-bond acceptors (Lipinski definition) is 4. The van der Waals surface area contributed by atoms with Gasteiger partial charge in [-0.2, -0.15) is 0 Å². The number of aromatic nitrogens is 1. The SMILES string of the molecule is CCOC1CC(Cc2onc(N)c2-c2ccccc2Br)C1. The summed E-state index contributed by atoms with van der Waals surface area (Å²) in [6, 6.07) is 8.00. The van der Waals surface area contributed by atoms with Crippen molar-refractivity contribution in [3.8, 4) is 11.1 Å². The molecule has 2 aromatic rings. The van der Waals surface area contributed by atoms with Crippen LogP contribution < -0.4 is 5.73 Å². The molecule has 1 saturated carbocycles. The lowest BCUT2D eigenvalue weighted by atomic mass is 9.79. The minimum absolute atomic E-state index is 0.409. The first-order valence-corrected chi connectivity index (χ1v) is 8.08. The van der Waals surface area contributed by atoms with Gasteiger partial charge in [-0.1, -0.05) is 39.3 Å². The lowest BCUT2D eigenvalue weighted by Gasteiger charge is -2.34. The number of benzene rings is 1. The van der Waals surface area contributed by atoms with Crippen molar-refractivity contribution in [3.05, 3.63) is 34.5 Å². The van der Waals surface area contributed by atoms with Gasteiger partial charge < -0.3 is 15.0 Å². The van der Waals surface area contributed by atoms with Gasteiger partial charge in [-0.3, -0.25) is 0 Å². The third-order valence-corrected chi connectivity index (χ3v) is 4.69. The summed E-state index contributed by atoms with van der Waals surface area (Å²) in [5.74, 6) is 1.92. The highest BCUT2D eigenvalue weighted by atomic mass is 79.9. The van der Waals surface area contributed by atoms with E-state index in [1.165, 1.54) is 0 Å². The van der Waals surface area contributed by atoms with Crippen molar-refractivity contribution >= 4 is 21.7 Å². The fourth-order valence-corrected chi connectivity index (χ4v) is 3.39. The van der Waals surface area contributed by atoms with Gasteiger partial charge in [0.2, 0.25) is 0 Å². The van der Waals surface area contributed by atoms with Gasteiger partial charge in [-0.05, 0) is 31.7 Å². The first-order valence-electron chi connectivity index (χ1n) is 7.29. The summed E-state index contributed by atoms with van der Waals surface area (Å²) in [6.45, 7) is 2.82. The first kappa shape index (κ1) is 14.6. The first-order chi connectivity index (χ1) is 10.2. The monoisotopic (exact) mass is 350 g/mol. The van der Waals surface area contributed by atoms with Gasteiger partial charge in [0.25, 0.3) is 0 Å². The molecular weight excluding hydrogens is 332 g/mol. The maximum atomic E-state index is 6.00. The van der Waals surface area contributed by atoms with Gasteiger partial charge in [-0.25, -0.2) is 0 Å². The van der Waals surface area contributed by atoms with Crippen LogP contribution in [0.2, 0.25) is 0 Å². The highest BCUT2D eigenvalue weighted by Crippen LogP contribution is 2.39. The van der Waals surface area contributed by atoms with E-state index in [0.29, 0.717) is 17.8 Å². The van der Waals surface area contributed by atoms with E-state index < -0.39 is 0 Å². The molecule has 1 aromatic carbocycles. The molecule has 1 aliphatic rings. The van der Waals surface area contributed by atoms with E-state index in [0.717, 1.165) is 47.2 Å². The Morgan fingerprint density at radius 3 is 2.86 bits per heavy atom. The average Bonchev–Trinajstić information content (AvgIpc) is 2.78. The number of ether oxygens (including phenoxy) is 1. The minimum atomic E-state index is 0.409. The average molecular weight is 351 g/mol. The fourth-order valence-electron chi connectivity index (χ4n) is 2.91. The Kier molecular flexibility index (Phi) is 4.31. The fraction of sp³-hybridized carbons (Fsp3) is 0.438. The summed E-state index contributed by atoms with van der Waals surface area (Å²) < 4.78 is 12.1. The van der Waals surface area contributed by atoms with Crippen LogP contribution in [0.4, 0.5) is 5.82 Å². The van der Waals surface area contributed by atoms with Crippen molar-refractivity contribution in [3.63, 3.8) is 0 Å². The number of nitrogens with zero attached hydrogens (tertiary/aromatic N) is 1. The van der Waals surface area contributed by atoms with Gasteiger partial charge in [-0.15, -0.1) is 0 Å². The van der Waals surface area contributed by atoms with E-state index >= 15 is 0 Å². The number of rotatable bonds is 5. The van der Waals surface area contributed by atoms with Gasteiger partial charge in [0.1, 0.15) is 5.76 Å². The van der Waals surface area contributed by atoms with Crippen LogP contribution in [0.1, 0.15) is 25.5 Å². The van der Waals surface area contributed by atoms with Crippen LogP contribution in [0.5, 0.6) is 0 Å². The molecule has 1 aliphatic carbocycles. The Bertz CT molecular complexity index is 620. The normalized spacial score (nSPS) is 21.2. The predicted molar refractivity (Wildman–Crippen MR) is 85.9 cm³/mol. The molecule has 0 unspecified atom stereocenters. The van der Waals surface area contributed by atoms with Crippen LogP contribution in [0, 0.1) is 5.92 Å². The molecule has 2 N–H and O–H groups in total. The summed E-state index contributed by atoms with van der Waals surface area (Å²) in [5.41, 5.74) is 7.96. The van der Waals surface area contributed by atoms with E-state index in [1.807, 2.05) is 31.2 Å². The molecule has 1 aromatic heterocycles. The van der Waals surface area contributed by atoms with Crippen molar-refractivity contribution in [2.24, 2.45) is 5.92 Å². The molecule has 5 heteroatoms. The molecule has 0 bridgehead atoms. The molecule has 0 radical (unpaired) electrons. The maximum Gasteiger partial charge on any atom is 0.175 e. The van der Waals surface area contributed by atoms with E-state index in [-0.39, 0.29) is 0 Å². The van der Waals surface area contributed by atoms with Crippen LogP contribution in [-0.2, 0) is 11.2 Å². The number of nitrogen functional groups attached to an aromatic ring is 1. The van der Waals surface area contributed by atoms with Crippen LogP contribution in [-0.4, -0.2) is 17.9 Å². The number of nitrogens with two attached hydrogens (primary N) is 1. The van der Waals surface area contributed by atoms with Crippen LogP contribution >= 0.6 is 15.9 Å². The lowest BCUT2D eigenvalue weighted by Crippen LogP contribution is -2.32. The van der Waals surface area contributed by atoms with Crippen molar-refractivity contribution in [2.45, 2.75) is 32.3 Å². The van der Waals surface area contributed by atoms with E-state index in [2.05, 4.69) is 21.1 Å². The molecule has 0 spiro atoms. The second-order valence-corrected chi connectivity index (χ2v) is 6.32. The number of halogens is 1. The second-order valence-electron chi connectivity index (χ2n) is 5.46.